The third-order valence-electron chi connectivity index (χ3n) is 3.78. The molecule has 0 bridgehead atoms. The molecule has 1 aromatic heterocycles. The van der Waals surface area contributed by atoms with Crippen LogP contribution in [0.4, 0.5) is 0 Å². The van der Waals surface area contributed by atoms with E-state index in [2.05, 4.69) is 36.8 Å². The summed E-state index contributed by atoms with van der Waals surface area (Å²) in [4.78, 5) is 0. The molecule has 1 saturated carbocycles. The molecule has 2 atom stereocenters. The number of aryl methyl sites for hydroxylation is 1. The van der Waals surface area contributed by atoms with Crippen molar-refractivity contribution in [3.05, 3.63) is 18.0 Å². The van der Waals surface area contributed by atoms with Gasteiger partial charge in [0, 0.05) is 18.8 Å². The molecule has 1 N–H and O–H groups in total. The van der Waals surface area contributed by atoms with Gasteiger partial charge >= 0.3 is 0 Å². The van der Waals surface area contributed by atoms with E-state index in [-0.39, 0.29) is 0 Å². The van der Waals surface area contributed by atoms with Gasteiger partial charge in [0.2, 0.25) is 0 Å². The Balaban J connectivity index is 2.06. The van der Waals surface area contributed by atoms with E-state index < -0.39 is 0 Å². The molecule has 1 aromatic rings. The minimum Gasteiger partial charge on any atom is -0.317 e. The van der Waals surface area contributed by atoms with Crippen LogP contribution in [0.25, 0.3) is 0 Å². The lowest BCUT2D eigenvalue weighted by Crippen LogP contribution is -2.25. The molecule has 1 aliphatic carbocycles. The fourth-order valence-corrected chi connectivity index (χ4v) is 2.69. The van der Waals surface area contributed by atoms with Gasteiger partial charge in [-0.25, -0.2) is 0 Å². The average molecular weight is 221 g/mol. The summed E-state index contributed by atoms with van der Waals surface area (Å²) in [6.45, 7) is 3.11. The van der Waals surface area contributed by atoms with Gasteiger partial charge in [-0.1, -0.05) is 12.8 Å². The Morgan fingerprint density at radius 2 is 2.25 bits per heavy atom. The number of aromatic nitrogens is 2. The number of nitrogens with zero attached hydrogens (tertiary/aromatic N) is 2. The highest BCUT2D eigenvalue weighted by Crippen LogP contribution is 2.31. The molecule has 1 fully saturated rings. The van der Waals surface area contributed by atoms with Crippen LogP contribution in [0.1, 0.15) is 50.5 Å². The second-order valence-corrected chi connectivity index (χ2v) is 4.83. The second-order valence-electron chi connectivity index (χ2n) is 4.83. The third kappa shape index (κ3) is 2.64. The smallest absolute Gasteiger partial charge is 0.0524 e. The van der Waals surface area contributed by atoms with Crippen LogP contribution in [0.3, 0.4) is 0 Å². The minimum atomic E-state index is 0.692. The van der Waals surface area contributed by atoms with E-state index in [9.17, 15) is 0 Å². The summed E-state index contributed by atoms with van der Waals surface area (Å²) >= 11 is 0. The van der Waals surface area contributed by atoms with Crippen LogP contribution in [0, 0.1) is 0 Å². The summed E-state index contributed by atoms with van der Waals surface area (Å²) in [5.74, 6) is 0.709. The van der Waals surface area contributed by atoms with Gasteiger partial charge in [-0.3, -0.25) is 4.68 Å². The topological polar surface area (TPSA) is 29.9 Å². The highest BCUT2D eigenvalue weighted by Gasteiger charge is 2.21. The quantitative estimate of drug-likeness (QED) is 0.795. The maximum atomic E-state index is 4.39. The van der Waals surface area contributed by atoms with Crippen molar-refractivity contribution in [2.75, 3.05) is 7.05 Å². The molecule has 1 heterocycles. The summed E-state index contributed by atoms with van der Waals surface area (Å²) in [7, 11) is 2.09. The molecule has 3 heteroatoms. The van der Waals surface area contributed by atoms with Gasteiger partial charge in [0.15, 0.2) is 0 Å². The van der Waals surface area contributed by atoms with Gasteiger partial charge in [-0.05, 0) is 44.7 Å². The molecule has 2 rings (SSSR count). The molecule has 0 aromatic carbocycles. The lowest BCUT2D eigenvalue weighted by Gasteiger charge is -2.18. The Morgan fingerprint density at radius 3 is 2.94 bits per heavy atom. The lowest BCUT2D eigenvalue weighted by atomic mass is 9.93. The van der Waals surface area contributed by atoms with Crippen molar-refractivity contribution in [1.29, 1.82) is 0 Å². The van der Waals surface area contributed by atoms with Crippen LogP contribution in [0.15, 0.2) is 12.4 Å². The number of hydrogen-bond acceptors (Lipinski definition) is 2. The van der Waals surface area contributed by atoms with Crippen molar-refractivity contribution in [2.45, 2.75) is 57.5 Å². The fraction of sp³-hybridized carbons (Fsp3) is 0.769. The highest BCUT2D eigenvalue weighted by atomic mass is 15.3. The first-order valence-corrected chi connectivity index (χ1v) is 6.53. The number of rotatable bonds is 3. The standard InChI is InChI=1S/C13H23N3/c1-3-16-10-12(9-15-16)11-6-4-5-7-13(8-11)14-2/h9-11,13-14H,3-8H2,1-2H3. The Morgan fingerprint density at radius 1 is 1.44 bits per heavy atom. The molecule has 2 unspecified atom stereocenters. The van der Waals surface area contributed by atoms with E-state index in [1.807, 2.05) is 4.68 Å². The third-order valence-corrected chi connectivity index (χ3v) is 3.78. The van der Waals surface area contributed by atoms with Crippen LogP contribution >= 0.6 is 0 Å². The summed E-state index contributed by atoms with van der Waals surface area (Å²) in [6.07, 6.45) is 10.9. The molecule has 0 aliphatic heterocycles. The Hall–Kier alpha value is -0.830. The zero-order chi connectivity index (χ0) is 11.4. The maximum Gasteiger partial charge on any atom is 0.0524 e. The van der Waals surface area contributed by atoms with E-state index >= 15 is 0 Å². The van der Waals surface area contributed by atoms with E-state index in [0.717, 1.165) is 6.54 Å². The molecule has 3 nitrogen and oxygen atoms in total. The molecular formula is C13H23N3. The summed E-state index contributed by atoms with van der Waals surface area (Å²) in [6, 6.07) is 0.692. The van der Waals surface area contributed by atoms with Gasteiger partial charge in [0.05, 0.1) is 6.20 Å². The molecule has 1 aliphatic rings. The van der Waals surface area contributed by atoms with Crippen molar-refractivity contribution < 1.29 is 0 Å². The number of hydrogen-bond donors (Lipinski definition) is 1. The predicted molar refractivity (Wildman–Crippen MR) is 66.6 cm³/mol. The molecule has 0 spiro atoms. The molecule has 90 valence electrons. The fourth-order valence-electron chi connectivity index (χ4n) is 2.69. The lowest BCUT2D eigenvalue weighted by molar-refractivity contribution is 0.471. The van der Waals surface area contributed by atoms with E-state index in [0.29, 0.717) is 12.0 Å². The van der Waals surface area contributed by atoms with Crippen LogP contribution in [0.2, 0.25) is 0 Å². The second kappa shape index (κ2) is 5.48. The van der Waals surface area contributed by atoms with Crippen molar-refractivity contribution in [3.8, 4) is 0 Å². The summed E-state index contributed by atoms with van der Waals surface area (Å²) in [5, 5.41) is 7.82. The van der Waals surface area contributed by atoms with Crippen LogP contribution in [-0.4, -0.2) is 22.9 Å². The molecule has 0 saturated heterocycles. The van der Waals surface area contributed by atoms with Gasteiger partial charge in [0.25, 0.3) is 0 Å². The van der Waals surface area contributed by atoms with Crippen LogP contribution in [-0.2, 0) is 6.54 Å². The molecule has 0 radical (unpaired) electrons. The minimum absolute atomic E-state index is 0.692. The largest absolute Gasteiger partial charge is 0.317 e. The Bertz CT molecular complexity index is 319. The first-order chi connectivity index (χ1) is 7.83. The van der Waals surface area contributed by atoms with Gasteiger partial charge in [0.1, 0.15) is 0 Å². The first-order valence-electron chi connectivity index (χ1n) is 6.53. The Kier molecular flexibility index (Phi) is 3.99. The summed E-state index contributed by atoms with van der Waals surface area (Å²) in [5.41, 5.74) is 1.43. The summed E-state index contributed by atoms with van der Waals surface area (Å²) < 4.78 is 2.04. The predicted octanol–water partition coefficient (Wildman–Crippen LogP) is 2.54. The Labute approximate surface area is 98.2 Å². The van der Waals surface area contributed by atoms with Crippen molar-refractivity contribution >= 4 is 0 Å². The maximum absolute atomic E-state index is 4.39. The molecule has 16 heavy (non-hydrogen) atoms. The monoisotopic (exact) mass is 221 g/mol. The first kappa shape index (κ1) is 11.6. The van der Waals surface area contributed by atoms with E-state index in [1.165, 1.54) is 37.7 Å². The normalized spacial score (nSPS) is 26.6. The van der Waals surface area contributed by atoms with Gasteiger partial charge in [-0.2, -0.15) is 5.10 Å². The molecule has 0 amide bonds. The zero-order valence-electron chi connectivity index (χ0n) is 10.4. The zero-order valence-corrected chi connectivity index (χ0v) is 10.4. The average Bonchev–Trinajstić information content (AvgIpc) is 2.67. The van der Waals surface area contributed by atoms with E-state index in [4.69, 9.17) is 0 Å². The number of nitrogens with one attached hydrogen (secondary N) is 1. The molecular weight excluding hydrogens is 198 g/mol. The van der Waals surface area contributed by atoms with Crippen molar-refractivity contribution in [2.24, 2.45) is 0 Å². The van der Waals surface area contributed by atoms with Gasteiger partial charge in [-0.15, -0.1) is 0 Å². The van der Waals surface area contributed by atoms with Crippen LogP contribution in [0.5, 0.6) is 0 Å². The van der Waals surface area contributed by atoms with Crippen LogP contribution < -0.4 is 5.32 Å². The SMILES string of the molecule is CCn1cc(C2CCCCC(NC)C2)cn1. The van der Waals surface area contributed by atoms with Crippen molar-refractivity contribution in [3.63, 3.8) is 0 Å². The van der Waals surface area contributed by atoms with E-state index in [1.54, 1.807) is 0 Å². The van der Waals surface area contributed by atoms with Crippen molar-refractivity contribution in [1.82, 2.24) is 15.1 Å². The highest BCUT2D eigenvalue weighted by molar-refractivity contribution is 5.12. The van der Waals surface area contributed by atoms with Gasteiger partial charge < -0.3 is 5.32 Å².